The number of hydrogen-bond acceptors (Lipinski definition) is 4. The smallest absolute Gasteiger partial charge is 0.243 e. The molecule has 1 aliphatic carbocycles. The molecule has 2 aliphatic rings. The van der Waals surface area contributed by atoms with Crippen molar-refractivity contribution in [1.29, 1.82) is 0 Å². The van der Waals surface area contributed by atoms with Gasteiger partial charge in [0.2, 0.25) is 10.0 Å². The predicted octanol–water partition coefficient (Wildman–Crippen LogP) is 0.914. The van der Waals surface area contributed by atoms with Crippen molar-refractivity contribution in [3.05, 3.63) is 29.3 Å². The first-order chi connectivity index (χ1) is 10.1. The lowest BCUT2D eigenvalue weighted by Crippen LogP contribution is -2.48. The second kappa shape index (κ2) is 6.04. The van der Waals surface area contributed by atoms with Gasteiger partial charge in [0.05, 0.1) is 17.6 Å². The van der Waals surface area contributed by atoms with Crippen LogP contribution in [-0.2, 0) is 27.6 Å². The molecule has 6 heteroatoms. The molecule has 1 unspecified atom stereocenters. The van der Waals surface area contributed by atoms with Crippen molar-refractivity contribution in [3.8, 4) is 0 Å². The third-order valence-corrected chi connectivity index (χ3v) is 6.18. The average Bonchev–Trinajstić information content (AvgIpc) is 2.54. The van der Waals surface area contributed by atoms with Crippen molar-refractivity contribution >= 4 is 10.0 Å². The zero-order valence-corrected chi connectivity index (χ0v) is 12.9. The molecule has 3 rings (SSSR count). The maximum absolute atomic E-state index is 12.8. The number of sulfonamides is 1. The molecule has 0 saturated carbocycles. The van der Waals surface area contributed by atoms with Crippen LogP contribution in [0.25, 0.3) is 0 Å². The number of morpholine rings is 1. The molecule has 1 fully saturated rings. The third-order valence-electron chi connectivity index (χ3n) is 4.32. The summed E-state index contributed by atoms with van der Waals surface area (Å²) in [4.78, 5) is 0.404. The Morgan fingerprint density at radius 1 is 1.24 bits per heavy atom. The Bertz CT molecular complexity index is 615. The van der Waals surface area contributed by atoms with E-state index in [0.717, 1.165) is 19.3 Å². The lowest BCUT2D eigenvalue weighted by atomic mass is 9.92. The number of ether oxygens (including phenoxy) is 1. The monoisotopic (exact) mass is 310 g/mol. The van der Waals surface area contributed by atoms with Crippen molar-refractivity contribution < 1.29 is 13.2 Å². The van der Waals surface area contributed by atoms with E-state index in [2.05, 4.69) is 0 Å². The first-order valence-corrected chi connectivity index (χ1v) is 8.99. The molecule has 5 nitrogen and oxygen atoms in total. The summed E-state index contributed by atoms with van der Waals surface area (Å²) in [5, 5.41) is 0. The van der Waals surface area contributed by atoms with Crippen LogP contribution < -0.4 is 5.73 Å². The molecule has 116 valence electrons. The molecule has 0 bridgehead atoms. The van der Waals surface area contributed by atoms with E-state index in [1.807, 2.05) is 12.1 Å². The lowest BCUT2D eigenvalue weighted by Gasteiger charge is -2.31. The summed E-state index contributed by atoms with van der Waals surface area (Å²) >= 11 is 0. The van der Waals surface area contributed by atoms with E-state index in [9.17, 15) is 8.42 Å². The van der Waals surface area contributed by atoms with Crippen LogP contribution in [0, 0.1) is 0 Å². The van der Waals surface area contributed by atoms with Crippen LogP contribution in [0.2, 0.25) is 0 Å². The van der Waals surface area contributed by atoms with Gasteiger partial charge in [-0.25, -0.2) is 8.42 Å². The molecular weight excluding hydrogens is 288 g/mol. The quantitative estimate of drug-likeness (QED) is 0.901. The first-order valence-electron chi connectivity index (χ1n) is 7.55. The van der Waals surface area contributed by atoms with Gasteiger partial charge in [-0.3, -0.25) is 0 Å². The number of benzene rings is 1. The van der Waals surface area contributed by atoms with Crippen molar-refractivity contribution in [2.45, 2.75) is 36.7 Å². The maximum Gasteiger partial charge on any atom is 0.243 e. The largest absolute Gasteiger partial charge is 0.374 e. The SMILES string of the molecule is NCC1CN(S(=O)(=O)c2ccc3c(c2)CCCC3)CCO1. The van der Waals surface area contributed by atoms with Gasteiger partial charge in [0.1, 0.15) is 0 Å². The van der Waals surface area contributed by atoms with Gasteiger partial charge in [-0.05, 0) is 48.9 Å². The molecular formula is C15H22N2O3S. The minimum absolute atomic E-state index is 0.203. The molecule has 0 amide bonds. The molecule has 1 saturated heterocycles. The van der Waals surface area contributed by atoms with Crippen LogP contribution >= 0.6 is 0 Å². The highest BCUT2D eigenvalue weighted by molar-refractivity contribution is 7.89. The summed E-state index contributed by atoms with van der Waals surface area (Å²) in [5.74, 6) is 0. The highest BCUT2D eigenvalue weighted by atomic mass is 32.2. The van der Waals surface area contributed by atoms with Crippen LogP contribution in [0.5, 0.6) is 0 Å². The topological polar surface area (TPSA) is 72.6 Å². The Kier molecular flexibility index (Phi) is 4.31. The number of hydrogen-bond donors (Lipinski definition) is 1. The zero-order valence-electron chi connectivity index (χ0n) is 12.1. The van der Waals surface area contributed by atoms with Crippen LogP contribution in [0.1, 0.15) is 24.0 Å². The van der Waals surface area contributed by atoms with Gasteiger partial charge in [0.15, 0.2) is 0 Å². The van der Waals surface area contributed by atoms with Crippen molar-refractivity contribution in [3.63, 3.8) is 0 Å². The fraction of sp³-hybridized carbons (Fsp3) is 0.600. The number of aryl methyl sites for hydroxylation is 2. The van der Waals surface area contributed by atoms with Crippen molar-refractivity contribution in [1.82, 2.24) is 4.31 Å². The van der Waals surface area contributed by atoms with E-state index in [1.54, 1.807) is 6.07 Å². The normalized spacial score (nSPS) is 23.8. The van der Waals surface area contributed by atoms with E-state index in [4.69, 9.17) is 10.5 Å². The van der Waals surface area contributed by atoms with Crippen molar-refractivity contribution in [2.75, 3.05) is 26.2 Å². The average molecular weight is 310 g/mol. The van der Waals surface area contributed by atoms with Gasteiger partial charge in [0.25, 0.3) is 0 Å². The Balaban J connectivity index is 1.87. The van der Waals surface area contributed by atoms with E-state index in [1.165, 1.54) is 21.9 Å². The molecule has 1 aromatic carbocycles. The summed E-state index contributed by atoms with van der Waals surface area (Å²) < 4.78 is 32.5. The summed E-state index contributed by atoms with van der Waals surface area (Å²) in [7, 11) is -3.44. The molecule has 1 atom stereocenters. The fourth-order valence-electron chi connectivity index (χ4n) is 3.07. The highest BCUT2D eigenvalue weighted by Crippen LogP contribution is 2.26. The molecule has 21 heavy (non-hydrogen) atoms. The van der Waals surface area contributed by atoms with Gasteiger partial charge in [0, 0.05) is 19.6 Å². The lowest BCUT2D eigenvalue weighted by molar-refractivity contribution is 0.00450. The summed E-state index contributed by atoms with van der Waals surface area (Å²) in [5.41, 5.74) is 8.07. The molecule has 0 radical (unpaired) electrons. The van der Waals surface area contributed by atoms with E-state index in [0.29, 0.717) is 31.1 Å². The number of nitrogens with zero attached hydrogens (tertiary/aromatic N) is 1. The van der Waals surface area contributed by atoms with Crippen molar-refractivity contribution in [2.24, 2.45) is 5.73 Å². The van der Waals surface area contributed by atoms with Gasteiger partial charge < -0.3 is 10.5 Å². The summed E-state index contributed by atoms with van der Waals surface area (Å²) in [6, 6.07) is 5.57. The van der Waals surface area contributed by atoms with Gasteiger partial charge in [-0.1, -0.05) is 6.07 Å². The Labute approximate surface area is 126 Å². The molecule has 1 heterocycles. The predicted molar refractivity (Wildman–Crippen MR) is 80.6 cm³/mol. The molecule has 0 aromatic heterocycles. The minimum atomic E-state index is -3.44. The molecule has 1 aliphatic heterocycles. The molecule has 1 aromatic rings. The molecule has 0 spiro atoms. The number of fused-ring (bicyclic) bond motifs is 1. The van der Waals surface area contributed by atoms with Crippen LogP contribution in [0.3, 0.4) is 0 Å². The number of rotatable bonds is 3. The van der Waals surface area contributed by atoms with Crippen LogP contribution in [0.15, 0.2) is 23.1 Å². The standard InChI is InChI=1S/C15H22N2O3S/c16-10-14-11-17(7-8-20-14)21(18,19)15-6-5-12-3-1-2-4-13(12)9-15/h5-6,9,14H,1-4,7-8,10-11,16H2. The fourth-order valence-corrected chi connectivity index (χ4v) is 4.58. The summed E-state index contributed by atoms with van der Waals surface area (Å²) in [6.45, 7) is 1.49. The molecule has 2 N–H and O–H groups in total. The van der Waals surface area contributed by atoms with Crippen LogP contribution in [0.4, 0.5) is 0 Å². The number of nitrogens with two attached hydrogens (primary N) is 1. The second-order valence-corrected chi connectivity index (χ2v) is 7.67. The van der Waals surface area contributed by atoms with E-state index in [-0.39, 0.29) is 6.10 Å². The van der Waals surface area contributed by atoms with E-state index >= 15 is 0 Å². The Morgan fingerprint density at radius 3 is 2.76 bits per heavy atom. The summed E-state index contributed by atoms with van der Waals surface area (Å²) in [6.07, 6.45) is 4.17. The van der Waals surface area contributed by atoms with Gasteiger partial charge >= 0.3 is 0 Å². The van der Waals surface area contributed by atoms with E-state index < -0.39 is 10.0 Å². The first kappa shape index (κ1) is 15.0. The Morgan fingerprint density at radius 2 is 2.00 bits per heavy atom. The van der Waals surface area contributed by atoms with Crippen LogP contribution in [-0.4, -0.2) is 45.1 Å². The minimum Gasteiger partial charge on any atom is -0.374 e. The Hall–Kier alpha value is -0.950. The van der Waals surface area contributed by atoms with Gasteiger partial charge in [-0.2, -0.15) is 4.31 Å². The van der Waals surface area contributed by atoms with Gasteiger partial charge in [-0.15, -0.1) is 0 Å². The second-order valence-electron chi connectivity index (χ2n) is 5.73. The highest BCUT2D eigenvalue weighted by Gasteiger charge is 2.30. The maximum atomic E-state index is 12.8. The third kappa shape index (κ3) is 2.99. The zero-order chi connectivity index (χ0) is 14.9.